The molecule has 0 spiro atoms. The molecule has 0 atom stereocenters. The molecule has 0 amide bonds. The first-order chi connectivity index (χ1) is 12.3. The van der Waals surface area contributed by atoms with Crippen molar-refractivity contribution in [2.75, 3.05) is 0 Å². The highest BCUT2D eigenvalue weighted by Gasteiger charge is 2.54. The summed E-state index contributed by atoms with van der Waals surface area (Å²) in [4.78, 5) is 24.7. The normalized spacial score (nSPS) is 14.8. The molecule has 0 N–H and O–H groups in total. The van der Waals surface area contributed by atoms with Gasteiger partial charge in [-0.05, 0) is 56.3 Å². The van der Waals surface area contributed by atoms with E-state index >= 15 is 0 Å². The van der Waals surface area contributed by atoms with Crippen LogP contribution in [0, 0.1) is 0 Å². The predicted octanol–water partition coefficient (Wildman–Crippen LogP) is 5.09. The monoisotopic (exact) mass is 392 g/mol. The van der Waals surface area contributed by atoms with E-state index < -0.39 is 5.60 Å². The van der Waals surface area contributed by atoms with Gasteiger partial charge in [-0.25, -0.2) is 4.79 Å². The minimum absolute atomic E-state index is 0.171. The highest BCUT2D eigenvalue weighted by atomic mass is 35.5. The zero-order valence-electron chi connectivity index (χ0n) is 14.4. The molecule has 6 heteroatoms. The summed E-state index contributed by atoms with van der Waals surface area (Å²) in [5.41, 5.74) is 0.0528. The Bertz CT molecular complexity index is 839. The molecule has 1 aliphatic carbocycles. The minimum Gasteiger partial charge on any atom is -0.476 e. The molecule has 1 aliphatic rings. The summed E-state index contributed by atoms with van der Waals surface area (Å²) in [5.74, 6) is 0.00724. The van der Waals surface area contributed by atoms with Crippen LogP contribution < -0.4 is 4.74 Å². The van der Waals surface area contributed by atoms with E-state index in [1.165, 1.54) is 6.07 Å². The van der Waals surface area contributed by atoms with E-state index in [0.717, 1.165) is 0 Å². The first-order valence-electron chi connectivity index (χ1n) is 8.31. The molecule has 0 bridgehead atoms. The quantitative estimate of drug-likeness (QED) is 0.507. The van der Waals surface area contributed by atoms with E-state index in [1.54, 1.807) is 50.2 Å². The molecule has 1 saturated carbocycles. The predicted molar refractivity (Wildman–Crippen MR) is 100 cm³/mol. The van der Waals surface area contributed by atoms with Crippen LogP contribution in [0.25, 0.3) is 0 Å². The van der Waals surface area contributed by atoms with Crippen LogP contribution in [0.5, 0.6) is 5.75 Å². The maximum atomic E-state index is 12.5. The summed E-state index contributed by atoms with van der Waals surface area (Å²) in [5, 5.41) is 0.729. The maximum Gasteiger partial charge on any atom is 0.350 e. The number of carbonyl (C=O) groups excluding carboxylic acids is 2. The van der Waals surface area contributed by atoms with E-state index in [-0.39, 0.29) is 17.9 Å². The number of ether oxygens (including phenoxy) is 2. The summed E-state index contributed by atoms with van der Waals surface area (Å²) in [6.45, 7) is 3.61. The molecule has 0 aliphatic heterocycles. The van der Waals surface area contributed by atoms with Crippen molar-refractivity contribution in [3.8, 4) is 5.75 Å². The zero-order chi connectivity index (χ0) is 18.9. The largest absolute Gasteiger partial charge is 0.476 e. The van der Waals surface area contributed by atoms with Crippen molar-refractivity contribution in [3.63, 3.8) is 0 Å². The number of esters is 1. The van der Waals surface area contributed by atoms with Crippen molar-refractivity contribution in [1.29, 1.82) is 0 Å². The Labute approximate surface area is 162 Å². The van der Waals surface area contributed by atoms with Crippen LogP contribution in [0.2, 0.25) is 10.0 Å². The molecule has 0 heterocycles. The van der Waals surface area contributed by atoms with E-state index in [2.05, 4.69) is 0 Å². The third-order valence-electron chi connectivity index (χ3n) is 4.03. The second-order valence-electron chi connectivity index (χ2n) is 6.53. The number of hydrogen-bond donors (Lipinski definition) is 0. The summed E-state index contributed by atoms with van der Waals surface area (Å²) in [6.07, 6.45) is 1.07. The third-order valence-corrected chi connectivity index (χ3v) is 4.77. The van der Waals surface area contributed by atoms with Crippen molar-refractivity contribution in [2.24, 2.45) is 0 Å². The standard InChI is InChI=1S/C20H18Cl2O4/c1-12(2)25-19(24)20(9-10-20)26-15-6-3-13(4-7-15)18(23)14-5-8-16(21)17(22)11-14/h3-8,11-12H,9-10H2,1-2H3. The van der Waals surface area contributed by atoms with Gasteiger partial charge >= 0.3 is 5.97 Å². The lowest BCUT2D eigenvalue weighted by atomic mass is 10.0. The highest BCUT2D eigenvalue weighted by Crippen LogP contribution is 2.41. The number of ketones is 1. The Morgan fingerprint density at radius 2 is 1.58 bits per heavy atom. The molecule has 2 aromatic carbocycles. The smallest absolute Gasteiger partial charge is 0.350 e. The van der Waals surface area contributed by atoms with Crippen LogP contribution in [0.3, 0.4) is 0 Å². The molecular weight excluding hydrogens is 375 g/mol. The first kappa shape index (κ1) is 18.7. The molecule has 26 heavy (non-hydrogen) atoms. The van der Waals surface area contributed by atoms with Crippen LogP contribution >= 0.6 is 23.2 Å². The number of hydrogen-bond acceptors (Lipinski definition) is 4. The maximum absolute atomic E-state index is 12.5. The average Bonchev–Trinajstić information content (AvgIpc) is 3.38. The van der Waals surface area contributed by atoms with Crippen molar-refractivity contribution in [3.05, 3.63) is 63.6 Å². The fourth-order valence-corrected chi connectivity index (χ4v) is 2.78. The van der Waals surface area contributed by atoms with E-state index in [1.807, 2.05) is 0 Å². The zero-order valence-corrected chi connectivity index (χ0v) is 15.9. The van der Waals surface area contributed by atoms with Gasteiger partial charge in [-0.15, -0.1) is 0 Å². The first-order valence-corrected chi connectivity index (χ1v) is 9.06. The van der Waals surface area contributed by atoms with Crippen LogP contribution in [-0.2, 0) is 9.53 Å². The minimum atomic E-state index is -0.889. The van der Waals surface area contributed by atoms with Gasteiger partial charge in [-0.1, -0.05) is 23.2 Å². The van der Waals surface area contributed by atoms with Crippen LogP contribution in [0.1, 0.15) is 42.6 Å². The Kier molecular flexibility index (Phi) is 5.26. The second-order valence-corrected chi connectivity index (χ2v) is 7.35. The summed E-state index contributed by atoms with van der Waals surface area (Å²) in [6, 6.07) is 11.4. The molecule has 0 aromatic heterocycles. The van der Waals surface area contributed by atoms with Crippen molar-refractivity contribution < 1.29 is 19.1 Å². The summed E-state index contributed by atoms with van der Waals surface area (Å²) in [7, 11) is 0. The van der Waals surface area contributed by atoms with Gasteiger partial charge in [-0.2, -0.15) is 0 Å². The van der Waals surface area contributed by atoms with E-state index in [4.69, 9.17) is 32.7 Å². The number of halogens is 2. The van der Waals surface area contributed by atoms with Gasteiger partial charge in [0, 0.05) is 24.0 Å². The van der Waals surface area contributed by atoms with Gasteiger partial charge in [0.15, 0.2) is 5.78 Å². The molecule has 1 fully saturated rings. The van der Waals surface area contributed by atoms with Crippen molar-refractivity contribution in [1.82, 2.24) is 0 Å². The van der Waals surface area contributed by atoms with Gasteiger partial charge in [0.1, 0.15) is 5.75 Å². The van der Waals surface area contributed by atoms with E-state index in [0.29, 0.717) is 39.8 Å². The SMILES string of the molecule is CC(C)OC(=O)C1(Oc2ccc(C(=O)c3ccc(Cl)c(Cl)c3)cc2)CC1. The van der Waals surface area contributed by atoms with Gasteiger partial charge in [0.25, 0.3) is 0 Å². The second kappa shape index (κ2) is 7.29. The lowest BCUT2D eigenvalue weighted by molar-refractivity contribution is -0.158. The lowest BCUT2D eigenvalue weighted by Gasteiger charge is -2.18. The van der Waals surface area contributed by atoms with Crippen LogP contribution in [0.15, 0.2) is 42.5 Å². The lowest BCUT2D eigenvalue weighted by Crippen LogP contribution is -2.33. The Morgan fingerprint density at radius 3 is 2.12 bits per heavy atom. The number of benzene rings is 2. The van der Waals surface area contributed by atoms with Gasteiger partial charge in [0.05, 0.1) is 16.1 Å². The Balaban J connectivity index is 1.71. The van der Waals surface area contributed by atoms with Gasteiger partial charge in [0.2, 0.25) is 5.60 Å². The summed E-state index contributed by atoms with van der Waals surface area (Å²) >= 11 is 11.8. The van der Waals surface area contributed by atoms with Crippen molar-refractivity contribution in [2.45, 2.75) is 38.4 Å². The fourth-order valence-electron chi connectivity index (χ4n) is 2.49. The molecule has 136 valence electrons. The highest BCUT2D eigenvalue weighted by molar-refractivity contribution is 6.42. The van der Waals surface area contributed by atoms with Crippen LogP contribution in [-0.4, -0.2) is 23.5 Å². The topological polar surface area (TPSA) is 52.6 Å². The summed E-state index contributed by atoms with van der Waals surface area (Å²) < 4.78 is 11.1. The molecule has 0 unspecified atom stereocenters. The van der Waals surface area contributed by atoms with Gasteiger partial charge in [-0.3, -0.25) is 4.79 Å². The van der Waals surface area contributed by atoms with E-state index in [9.17, 15) is 9.59 Å². The Morgan fingerprint density at radius 1 is 0.962 bits per heavy atom. The van der Waals surface area contributed by atoms with Crippen LogP contribution in [0.4, 0.5) is 0 Å². The fraction of sp³-hybridized carbons (Fsp3) is 0.300. The molecule has 0 radical (unpaired) electrons. The molecule has 2 aromatic rings. The number of carbonyl (C=O) groups is 2. The molecule has 3 rings (SSSR count). The molecule has 0 saturated heterocycles. The molecular formula is C20H18Cl2O4. The number of rotatable bonds is 6. The third kappa shape index (κ3) is 4.02. The van der Waals surface area contributed by atoms with Crippen molar-refractivity contribution >= 4 is 35.0 Å². The Hall–Kier alpha value is -2.04. The molecule has 4 nitrogen and oxygen atoms in total. The van der Waals surface area contributed by atoms with Gasteiger partial charge < -0.3 is 9.47 Å². The average molecular weight is 393 g/mol.